The Kier molecular flexibility index (Phi) is 4.90. The third-order valence-electron chi connectivity index (χ3n) is 3.54. The Balaban J connectivity index is 2.39. The fourth-order valence-corrected chi connectivity index (χ4v) is 2.18. The Morgan fingerprint density at radius 2 is 1.79 bits per heavy atom. The Bertz CT molecular complexity index is 146. The molecule has 0 radical (unpaired) electrons. The van der Waals surface area contributed by atoms with E-state index in [0.717, 1.165) is 6.42 Å². The summed E-state index contributed by atoms with van der Waals surface area (Å²) in [5.41, 5.74) is -0.0605. The van der Waals surface area contributed by atoms with Crippen molar-refractivity contribution in [2.45, 2.75) is 70.4 Å². The summed E-state index contributed by atoms with van der Waals surface area (Å²) >= 11 is 0. The third-order valence-corrected chi connectivity index (χ3v) is 3.54. The molecule has 1 rings (SSSR count). The molecule has 1 aliphatic carbocycles. The molecule has 2 nitrogen and oxygen atoms in total. The summed E-state index contributed by atoms with van der Waals surface area (Å²) in [7, 11) is 0. The molecule has 0 spiro atoms. The van der Waals surface area contributed by atoms with Gasteiger partial charge in [0, 0.05) is 11.6 Å². The number of nitrogens with one attached hydrogen (secondary N) is 1. The molecule has 2 N–H and O–H groups in total. The van der Waals surface area contributed by atoms with E-state index < -0.39 is 0 Å². The smallest absolute Gasteiger partial charge is 0.0610 e. The quantitative estimate of drug-likeness (QED) is 0.682. The molecule has 84 valence electrons. The van der Waals surface area contributed by atoms with E-state index in [1.165, 1.54) is 38.5 Å². The van der Waals surface area contributed by atoms with Gasteiger partial charge in [-0.15, -0.1) is 0 Å². The first-order valence-corrected chi connectivity index (χ1v) is 6.09. The highest BCUT2D eigenvalue weighted by Gasteiger charge is 2.24. The highest BCUT2D eigenvalue weighted by atomic mass is 16.3. The van der Waals surface area contributed by atoms with E-state index in [4.69, 9.17) is 0 Å². The van der Waals surface area contributed by atoms with Crippen LogP contribution in [0.4, 0.5) is 0 Å². The molecule has 0 saturated heterocycles. The van der Waals surface area contributed by atoms with Crippen LogP contribution in [0.5, 0.6) is 0 Å². The van der Waals surface area contributed by atoms with Gasteiger partial charge in [0.2, 0.25) is 0 Å². The molecule has 1 saturated carbocycles. The summed E-state index contributed by atoms with van der Waals surface area (Å²) < 4.78 is 0. The fourth-order valence-electron chi connectivity index (χ4n) is 2.18. The lowest BCUT2D eigenvalue weighted by molar-refractivity contribution is 0.153. The summed E-state index contributed by atoms with van der Waals surface area (Å²) in [5, 5.41) is 12.9. The Morgan fingerprint density at radius 3 is 2.21 bits per heavy atom. The van der Waals surface area contributed by atoms with Crippen molar-refractivity contribution in [3.8, 4) is 0 Å². The van der Waals surface area contributed by atoms with Crippen molar-refractivity contribution in [2.24, 2.45) is 0 Å². The van der Waals surface area contributed by atoms with Gasteiger partial charge in [0.15, 0.2) is 0 Å². The number of aliphatic hydroxyl groups is 1. The van der Waals surface area contributed by atoms with Crippen LogP contribution >= 0.6 is 0 Å². The van der Waals surface area contributed by atoms with Crippen LogP contribution in [-0.2, 0) is 0 Å². The number of rotatable bonds is 4. The molecule has 0 bridgehead atoms. The SMILES string of the molecule is CCC(C)(CO)NC1CCCCCC1. The maximum absolute atomic E-state index is 9.32. The lowest BCUT2D eigenvalue weighted by Crippen LogP contribution is -2.50. The van der Waals surface area contributed by atoms with E-state index in [1.807, 2.05) is 0 Å². The second kappa shape index (κ2) is 5.72. The Hall–Kier alpha value is -0.0800. The van der Waals surface area contributed by atoms with Gasteiger partial charge in [0.05, 0.1) is 6.61 Å². The van der Waals surface area contributed by atoms with Crippen LogP contribution in [0.15, 0.2) is 0 Å². The van der Waals surface area contributed by atoms with Gasteiger partial charge in [-0.05, 0) is 26.2 Å². The van der Waals surface area contributed by atoms with Crippen molar-refractivity contribution in [3.63, 3.8) is 0 Å². The normalized spacial score (nSPS) is 24.2. The van der Waals surface area contributed by atoms with Gasteiger partial charge in [0.1, 0.15) is 0 Å². The van der Waals surface area contributed by atoms with Gasteiger partial charge < -0.3 is 10.4 Å². The summed E-state index contributed by atoms with van der Waals surface area (Å²) in [6.07, 6.45) is 9.05. The lowest BCUT2D eigenvalue weighted by atomic mass is 9.96. The van der Waals surface area contributed by atoms with Crippen molar-refractivity contribution < 1.29 is 5.11 Å². The first-order chi connectivity index (χ1) is 6.70. The highest BCUT2D eigenvalue weighted by molar-refractivity contribution is 4.85. The maximum atomic E-state index is 9.32. The average molecular weight is 199 g/mol. The Labute approximate surface area is 88.1 Å². The van der Waals surface area contributed by atoms with Gasteiger partial charge in [-0.25, -0.2) is 0 Å². The lowest BCUT2D eigenvalue weighted by Gasteiger charge is -2.32. The van der Waals surface area contributed by atoms with Crippen LogP contribution in [0.2, 0.25) is 0 Å². The molecule has 1 unspecified atom stereocenters. The third kappa shape index (κ3) is 3.58. The van der Waals surface area contributed by atoms with Crippen LogP contribution in [0.3, 0.4) is 0 Å². The van der Waals surface area contributed by atoms with Crippen LogP contribution in [0.25, 0.3) is 0 Å². The number of hydrogen-bond donors (Lipinski definition) is 2. The summed E-state index contributed by atoms with van der Waals surface area (Å²) in [6.45, 7) is 4.51. The largest absolute Gasteiger partial charge is 0.394 e. The van der Waals surface area contributed by atoms with Crippen molar-refractivity contribution >= 4 is 0 Å². The van der Waals surface area contributed by atoms with Crippen LogP contribution < -0.4 is 5.32 Å². The molecule has 2 heteroatoms. The zero-order valence-corrected chi connectivity index (χ0v) is 9.68. The molecule has 1 fully saturated rings. The molecule has 0 aromatic carbocycles. The first-order valence-electron chi connectivity index (χ1n) is 6.09. The zero-order valence-electron chi connectivity index (χ0n) is 9.68. The Morgan fingerprint density at radius 1 is 1.21 bits per heavy atom. The summed E-state index contributed by atoms with van der Waals surface area (Å²) in [6, 6.07) is 0.634. The number of aliphatic hydroxyl groups excluding tert-OH is 1. The molecule has 1 aliphatic rings. The van der Waals surface area contributed by atoms with E-state index in [-0.39, 0.29) is 12.1 Å². The minimum atomic E-state index is -0.0605. The second-order valence-electron chi connectivity index (χ2n) is 4.91. The number of hydrogen-bond acceptors (Lipinski definition) is 2. The molecular weight excluding hydrogens is 174 g/mol. The van der Waals surface area contributed by atoms with Crippen molar-refractivity contribution in [2.75, 3.05) is 6.61 Å². The second-order valence-corrected chi connectivity index (χ2v) is 4.91. The topological polar surface area (TPSA) is 32.3 Å². The standard InChI is InChI=1S/C12H25NO/c1-3-12(2,10-14)13-11-8-6-4-5-7-9-11/h11,13-14H,3-10H2,1-2H3. The van der Waals surface area contributed by atoms with Gasteiger partial charge in [-0.3, -0.25) is 0 Å². The van der Waals surface area contributed by atoms with Crippen LogP contribution in [-0.4, -0.2) is 23.3 Å². The van der Waals surface area contributed by atoms with Crippen LogP contribution in [0.1, 0.15) is 58.8 Å². The molecule has 0 amide bonds. The van der Waals surface area contributed by atoms with Crippen molar-refractivity contribution in [1.29, 1.82) is 0 Å². The average Bonchev–Trinajstić information content (AvgIpc) is 2.46. The molecule has 0 aliphatic heterocycles. The predicted octanol–water partition coefficient (Wildman–Crippen LogP) is 2.46. The highest BCUT2D eigenvalue weighted by Crippen LogP contribution is 2.20. The van der Waals surface area contributed by atoms with Gasteiger partial charge in [-0.2, -0.15) is 0 Å². The molecule has 0 aromatic rings. The van der Waals surface area contributed by atoms with Crippen molar-refractivity contribution in [3.05, 3.63) is 0 Å². The summed E-state index contributed by atoms with van der Waals surface area (Å²) in [5.74, 6) is 0. The molecule has 14 heavy (non-hydrogen) atoms. The first kappa shape index (κ1) is 12.0. The predicted molar refractivity (Wildman–Crippen MR) is 60.4 cm³/mol. The van der Waals surface area contributed by atoms with E-state index >= 15 is 0 Å². The molecule has 1 atom stereocenters. The zero-order chi connectivity index (χ0) is 10.4. The van der Waals surface area contributed by atoms with E-state index in [2.05, 4.69) is 19.2 Å². The van der Waals surface area contributed by atoms with E-state index in [0.29, 0.717) is 6.04 Å². The van der Waals surface area contributed by atoms with Crippen molar-refractivity contribution in [1.82, 2.24) is 5.32 Å². The van der Waals surface area contributed by atoms with Gasteiger partial charge >= 0.3 is 0 Å². The van der Waals surface area contributed by atoms with E-state index in [1.54, 1.807) is 0 Å². The molecule has 0 heterocycles. The maximum Gasteiger partial charge on any atom is 0.0610 e. The minimum absolute atomic E-state index is 0.0605. The molecule has 0 aromatic heterocycles. The minimum Gasteiger partial charge on any atom is -0.394 e. The van der Waals surface area contributed by atoms with Gasteiger partial charge in [-0.1, -0.05) is 32.6 Å². The summed E-state index contributed by atoms with van der Waals surface area (Å²) in [4.78, 5) is 0. The van der Waals surface area contributed by atoms with E-state index in [9.17, 15) is 5.11 Å². The monoisotopic (exact) mass is 199 g/mol. The van der Waals surface area contributed by atoms with Gasteiger partial charge in [0.25, 0.3) is 0 Å². The molecular formula is C12H25NO. The van der Waals surface area contributed by atoms with Crippen LogP contribution in [0, 0.1) is 0 Å². The fraction of sp³-hybridized carbons (Fsp3) is 1.00.